The topological polar surface area (TPSA) is 23.6 Å². The highest BCUT2D eigenvalue weighted by molar-refractivity contribution is 5.74. The van der Waals surface area contributed by atoms with Crippen LogP contribution in [0.5, 0.6) is 0 Å². The molecule has 2 heterocycles. The first-order valence-electron chi connectivity index (χ1n) is 7.24. The Hall–Kier alpha value is -0.730. The van der Waals surface area contributed by atoms with Crippen LogP contribution < -0.4 is 0 Å². The lowest BCUT2D eigenvalue weighted by Crippen LogP contribution is -2.50. The van der Waals surface area contributed by atoms with Crippen molar-refractivity contribution in [2.24, 2.45) is 11.8 Å². The zero-order chi connectivity index (χ0) is 12.3. The van der Waals surface area contributed by atoms with Crippen LogP contribution in [0.1, 0.15) is 46.0 Å². The molecule has 3 nitrogen and oxygen atoms in total. The van der Waals surface area contributed by atoms with Gasteiger partial charge in [-0.25, -0.2) is 4.79 Å². The third-order valence-corrected chi connectivity index (χ3v) is 4.29. The summed E-state index contributed by atoms with van der Waals surface area (Å²) in [5.74, 6) is 1.41. The van der Waals surface area contributed by atoms with Gasteiger partial charge >= 0.3 is 6.03 Å². The van der Waals surface area contributed by atoms with Gasteiger partial charge in [-0.05, 0) is 37.5 Å². The van der Waals surface area contributed by atoms with Gasteiger partial charge in [0, 0.05) is 26.2 Å². The van der Waals surface area contributed by atoms with Gasteiger partial charge in [0.2, 0.25) is 0 Å². The predicted molar refractivity (Wildman–Crippen MR) is 70.0 cm³/mol. The van der Waals surface area contributed by atoms with Crippen molar-refractivity contribution < 1.29 is 4.79 Å². The number of rotatable bonds is 1. The Morgan fingerprint density at radius 2 is 1.76 bits per heavy atom. The standard InChI is InChI=1S/C14H26N2O/c1-3-13-7-5-9-16(11-13)14(17)15-8-4-6-12(2)10-15/h12-13H,3-11H2,1-2H3. The van der Waals surface area contributed by atoms with Crippen molar-refractivity contribution in [3.05, 3.63) is 0 Å². The van der Waals surface area contributed by atoms with Crippen LogP contribution in [-0.2, 0) is 0 Å². The SMILES string of the molecule is CCC1CCCN(C(=O)N2CCCC(C)C2)C1. The highest BCUT2D eigenvalue weighted by Crippen LogP contribution is 2.22. The second kappa shape index (κ2) is 5.74. The van der Waals surface area contributed by atoms with E-state index in [0.29, 0.717) is 11.9 Å². The summed E-state index contributed by atoms with van der Waals surface area (Å²) in [6.07, 6.45) is 6.16. The van der Waals surface area contributed by atoms with Crippen LogP contribution in [0.15, 0.2) is 0 Å². The molecule has 0 aromatic carbocycles. The molecule has 0 aliphatic carbocycles. The van der Waals surface area contributed by atoms with E-state index in [1.165, 1.54) is 32.1 Å². The molecule has 2 atom stereocenters. The van der Waals surface area contributed by atoms with Crippen molar-refractivity contribution >= 4 is 6.03 Å². The van der Waals surface area contributed by atoms with Gasteiger partial charge < -0.3 is 9.80 Å². The normalized spacial score (nSPS) is 30.5. The van der Waals surface area contributed by atoms with Crippen molar-refractivity contribution in [2.75, 3.05) is 26.2 Å². The van der Waals surface area contributed by atoms with E-state index in [1.54, 1.807) is 0 Å². The molecule has 0 spiro atoms. The third kappa shape index (κ3) is 3.14. The summed E-state index contributed by atoms with van der Waals surface area (Å²) in [7, 11) is 0. The smallest absolute Gasteiger partial charge is 0.320 e. The number of piperidine rings is 2. The molecule has 3 heteroatoms. The van der Waals surface area contributed by atoms with E-state index in [-0.39, 0.29) is 0 Å². The molecule has 2 aliphatic heterocycles. The van der Waals surface area contributed by atoms with Crippen LogP contribution in [0, 0.1) is 11.8 Å². The molecule has 0 bridgehead atoms. The number of likely N-dealkylation sites (tertiary alicyclic amines) is 2. The van der Waals surface area contributed by atoms with E-state index in [9.17, 15) is 4.79 Å². The molecule has 98 valence electrons. The predicted octanol–water partition coefficient (Wildman–Crippen LogP) is 2.96. The van der Waals surface area contributed by atoms with Crippen LogP contribution in [0.2, 0.25) is 0 Å². The second-order valence-electron chi connectivity index (χ2n) is 5.84. The number of hydrogen-bond acceptors (Lipinski definition) is 1. The minimum Gasteiger partial charge on any atom is -0.324 e. The molecule has 2 unspecified atom stereocenters. The van der Waals surface area contributed by atoms with Gasteiger partial charge in [-0.3, -0.25) is 0 Å². The number of carbonyl (C=O) groups is 1. The molecular formula is C14H26N2O. The number of hydrogen-bond donors (Lipinski definition) is 0. The van der Waals surface area contributed by atoms with Crippen LogP contribution >= 0.6 is 0 Å². The van der Waals surface area contributed by atoms with E-state index in [4.69, 9.17) is 0 Å². The Labute approximate surface area is 105 Å². The quantitative estimate of drug-likeness (QED) is 0.689. The summed E-state index contributed by atoms with van der Waals surface area (Å²) in [4.78, 5) is 16.6. The molecule has 2 amide bonds. The number of nitrogens with zero attached hydrogens (tertiary/aromatic N) is 2. The minimum absolute atomic E-state index is 0.301. The molecule has 0 aromatic heterocycles. The Bertz CT molecular complexity index is 267. The van der Waals surface area contributed by atoms with E-state index < -0.39 is 0 Å². The first-order valence-corrected chi connectivity index (χ1v) is 7.24. The van der Waals surface area contributed by atoms with Gasteiger partial charge in [0.15, 0.2) is 0 Å². The summed E-state index contributed by atoms with van der Waals surface area (Å²) < 4.78 is 0. The van der Waals surface area contributed by atoms with Crippen molar-refractivity contribution in [3.8, 4) is 0 Å². The van der Waals surface area contributed by atoms with E-state index >= 15 is 0 Å². The average Bonchev–Trinajstić information content (AvgIpc) is 2.38. The summed E-state index contributed by atoms with van der Waals surface area (Å²) in [6, 6.07) is 0.301. The maximum absolute atomic E-state index is 12.4. The summed E-state index contributed by atoms with van der Waals surface area (Å²) in [5.41, 5.74) is 0. The van der Waals surface area contributed by atoms with Crippen molar-refractivity contribution in [2.45, 2.75) is 46.0 Å². The lowest BCUT2D eigenvalue weighted by Gasteiger charge is -2.39. The lowest BCUT2D eigenvalue weighted by atomic mass is 9.95. The molecule has 2 aliphatic rings. The fourth-order valence-corrected chi connectivity index (χ4v) is 3.14. The Morgan fingerprint density at radius 1 is 1.12 bits per heavy atom. The Kier molecular flexibility index (Phi) is 4.30. The molecular weight excluding hydrogens is 212 g/mol. The van der Waals surface area contributed by atoms with Crippen LogP contribution in [0.25, 0.3) is 0 Å². The molecule has 0 radical (unpaired) electrons. The monoisotopic (exact) mass is 238 g/mol. The third-order valence-electron chi connectivity index (χ3n) is 4.29. The van der Waals surface area contributed by atoms with Gasteiger partial charge in [0.1, 0.15) is 0 Å². The first kappa shape index (κ1) is 12.7. The van der Waals surface area contributed by atoms with Gasteiger partial charge in [0.25, 0.3) is 0 Å². The van der Waals surface area contributed by atoms with Crippen molar-refractivity contribution in [1.82, 2.24) is 9.80 Å². The Morgan fingerprint density at radius 3 is 2.41 bits per heavy atom. The van der Waals surface area contributed by atoms with Crippen LogP contribution in [0.3, 0.4) is 0 Å². The first-order chi connectivity index (χ1) is 8.20. The van der Waals surface area contributed by atoms with Gasteiger partial charge in [-0.1, -0.05) is 20.3 Å². The number of carbonyl (C=O) groups excluding carboxylic acids is 1. The molecule has 17 heavy (non-hydrogen) atoms. The molecule has 2 fully saturated rings. The van der Waals surface area contributed by atoms with Crippen molar-refractivity contribution in [3.63, 3.8) is 0 Å². The Balaban J connectivity index is 1.89. The second-order valence-corrected chi connectivity index (χ2v) is 5.84. The zero-order valence-corrected chi connectivity index (χ0v) is 11.3. The van der Waals surface area contributed by atoms with Gasteiger partial charge in [-0.15, -0.1) is 0 Å². The highest BCUT2D eigenvalue weighted by atomic mass is 16.2. The lowest BCUT2D eigenvalue weighted by molar-refractivity contribution is 0.111. The largest absolute Gasteiger partial charge is 0.324 e. The molecule has 0 N–H and O–H groups in total. The minimum atomic E-state index is 0.301. The molecule has 0 saturated carbocycles. The fourth-order valence-electron chi connectivity index (χ4n) is 3.14. The number of urea groups is 1. The van der Waals surface area contributed by atoms with E-state index in [0.717, 1.165) is 32.1 Å². The van der Waals surface area contributed by atoms with Crippen LogP contribution in [-0.4, -0.2) is 42.0 Å². The fraction of sp³-hybridized carbons (Fsp3) is 0.929. The van der Waals surface area contributed by atoms with E-state index in [1.807, 2.05) is 0 Å². The zero-order valence-electron chi connectivity index (χ0n) is 11.3. The molecule has 2 saturated heterocycles. The summed E-state index contributed by atoms with van der Waals surface area (Å²) in [5, 5.41) is 0. The van der Waals surface area contributed by atoms with Gasteiger partial charge in [0.05, 0.1) is 0 Å². The summed E-state index contributed by atoms with van der Waals surface area (Å²) >= 11 is 0. The van der Waals surface area contributed by atoms with E-state index in [2.05, 4.69) is 23.6 Å². The number of amides is 2. The highest BCUT2D eigenvalue weighted by Gasteiger charge is 2.28. The van der Waals surface area contributed by atoms with Crippen molar-refractivity contribution in [1.29, 1.82) is 0 Å². The summed E-state index contributed by atoms with van der Waals surface area (Å²) in [6.45, 7) is 8.38. The molecule has 2 rings (SSSR count). The maximum atomic E-state index is 12.4. The van der Waals surface area contributed by atoms with Gasteiger partial charge in [-0.2, -0.15) is 0 Å². The maximum Gasteiger partial charge on any atom is 0.320 e. The average molecular weight is 238 g/mol. The van der Waals surface area contributed by atoms with Crippen LogP contribution in [0.4, 0.5) is 4.79 Å². The molecule has 0 aromatic rings.